The first-order valence-corrected chi connectivity index (χ1v) is 9.55. The Morgan fingerprint density at radius 2 is 1.48 bits per heavy atom. The zero-order chi connectivity index (χ0) is 17.7. The average Bonchev–Trinajstić information content (AvgIpc) is 2.53. The molecule has 3 nitrogen and oxygen atoms in total. The molecule has 0 spiro atoms. The standard InChI is InChI=1S/C21H36NO2.BrH/c1-4-5-6-7-8-9-10-14-17-24-21(23)19-22(2,3)18-20-15-12-11-13-16-20;/h11-13,15-16H,4-10,14,17-19H2,1-3H3;1H/q+1;/p-1. The molecule has 1 rings (SSSR count). The lowest BCUT2D eigenvalue weighted by atomic mass is 10.1. The average molecular weight is 414 g/mol. The number of carbonyl (C=O) groups is 1. The van der Waals surface area contributed by atoms with Crippen LogP contribution in [0, 0.1) is 0 Å². The summed E-state index contributed by atoms with van der Waals surface area (Å²) in [7, 11) is 4.15. The van der Waals surface area contributed by atoms with E-state index < -0.39 is 0 Å². The SMILES string of the molecule is CCCCCCCCCCOC(=O)C[N+](C)(C)Cc1ccccc1.[Br-]. The second-order valence-electron chi connectivity index (χ2n) is 7.43. The highest BCUT2D eigenvalue weighted by atomic mass is 79.9. The Balaban J connectivity index is 0.00000576. The van der Waals surface area contributed by atoms with Gasteiger partial charge in [-0.3, -0.25) is 0 Å². The van der Waals surface area contributed by atoms with Crippen molar-refractivity contribution in [2.45, 2.75) is 64.8 Å². The van der Waals surface area contributed by atoms with Crippen molar-refractivity contribution in [3.63, 3.8) is 0 Å². The summed E-state index contributed by atoms with van der Waals surface area (Å²) in [6, 6.07) is 10.3. The van der Waals surface area contributed by atoms with Gasteiger partial charge in [0.1, 0.15) is 6.54 Å². The number of halogens is 1. The number of esters is 1. The van der Waals surface area contributed by atoms with Gasteiger partial charge >= 0.3 is 5.97 Å². The van der Waals surface area contributed by atoms with Crippen LogP contribution in [0.25, 0.3) is 0 Å². The van der Waals surface area contributed by atoms with Gasteiger partial charge in [0, 0.05) is 5.56 Å². The molecule has 0 N–H and O–H groups in total. The third-order valence-corrected chi connectivity index (χ3v) is 4.27. The molecule has 0 amide bonds. The van der Waals surface area contributed by atoms with Crippen molar-refractivity contribution in [3.05, 3.63) is 35.9 Å². The lowest BCUT2D eigenvalue weighted by Gasteiger charge is -2.28. The second-order valence-corrected chi connectivity index (χ2v) is 7.43. The van der Waals surface area contributed by atoms with Crippen LogP contribution in [0.5, 0.6) is 0 Å². The van der Waals surface area contributed by atoms with Crippen molar-refractivity contribution in [1.29, 1.82) is 0 Å². The molecule has 1 aromatic carbocycles. The molecule has 0 bridgehead atoms. The van der Waals surface area contributed by atoms with Crippen molar-refractivity contribution < 1.29 is 31.0 Å². The molecule has 0 unspecified atom stereocenters. The van der Waals surface area contributed by atoms with Crippen molar-refractivity contribution in [3.8, 4) is 0 Å². The fourth-order valence-corrected chi connectivity index (χ4v) is 2.95. The number of unbranched alkanes of at least 4 members (excludes halogenated alkanes) is 7. The number of hydrogen-bond donors (Lipinski definition) is 0. The number of carbonyl (C=O) groups excluding carboxylic acids is 1. The highest BCUT2D eigenvalue weighted by Crippen LogP contribution is 2.10. The molecule has 0 saturated heterocycles. The number of likely N-dealkylation sites (N-methyl/N-ethyl adjacent to an activating group) is 1. The summed E-state index contributed by atoms with van der Waals surface area (Å²) in [6.07, 6.45) is 10.1. The third-order valence-electron chi connectivity index (χ3n) is 4.27. The van der Waals surface area contributed by atoms with Crippen LogP contribution in [0.1, 0.15) is 63.9 Å². The second kappa shape index (κ2) is 14.3. The molecule has 0 aliphatic rings. The van der Waals surface area contributed by atoms with Gasteiger partial charge in [-0.1, -0.05) is 82.2 Å². The maximum atomic E-state index is 12.0. The number of rotatable bonds is 13. The summed E-state index contributed by atoms with van der Waals surface area (Å²) in [5.74, 6) is -0.0844. The van der Waals surface area contributed by atoms with Gasteiger partial charge in [-0.15, -0.1) is 0 Å². The molecule has 0 radical (unpaired) electrons. The fraction of sp³-hybridized carbons (Fsp3) is 0.667. The van der Waals surface area contributed by atoms with Gasteiger partial charge in [0.05, 0.1) is 20.7 Å². The van der Waals surface area contributed by atoms with Crippen molar-refractivity contribution in [2.75, 3.05) is 27.2 Å². The van der Waals surface area contributed by atoms with Crippen LogP contribution in [0.3, 0.4) is 0 Å². The summed E-state index contributed by atoms with van der Waals surface area (Å²) < 4.78 is 6.03. The fourth-order valence-electron chi connectivity index (χ4n) is 2.95. The van der Waals surface area contributed by atoms with E-state index in [1.54, 1.807) is 0 Å². The number of hydrogen-bond acceptors (Lipinski definition) is 2. The first-order chi connectivity index (χ1) is 11.5. The number of benzene rings is 1. The predicted octanol–water partition coefficient (Wildman–Crippen LogP) is 1.95. The zero-order valence-corrected chi connectivity index (χ0v) is 17.9. The molecule has 0 aliphatic carbocycles. The monoisotopic (exact) mass is 413 g/mol. The molecule has 1 aromatic rings. The zero-order valence-electron chi connectivity index (χ0n) is 16.3. The molecule has 0 aliphatic heterocycles. The molecule has 0 aromatic heterocycles. The van der Waals surface area contributed by atoms with E-state index in [0.717, 1.165) is 13.0 Å². The minimum atomic E-state index is -0.0844. The Hall–Kier alpha value is -0.870. The van der Waals surface area contributed by atoms with Gasteiger partial charge in [-0.2, -0.15) is 0 Å². The molecule has 144 valence electrons. The Bertz CT molecular complexity index is 448. The quantitative estimate of drug-likeness (QED) is 0.280. The van der Waals surface area contributed by atoms with E-state index in [1.165, 1.54) is 50.5 Å². The van der Waals surface area contributed by atoms with Crippen LogP contribution < -0.4 is 17.0 Å². The van der Waals surface area contributed by atoms with Gasteiger partial charge in [0.25, 0.3) is 0 Å². The van der Waals surface area contributed by atoms with E-state index in [2.05, 4.69) is 33.2 Å². The Morgan fingerprint density at radius 1 is 0.920 bits per heavy atom. The van der Waals surface area contributed by atoms with Crippen LogP contribution in [0.2, 0.25) is 0 Å². The molecular formula is C21H36BrNO2. The summed E-state index contributed by atoms with van der Waals surface area (Å²) in [5, 5.41) is 0. The molecule has 0 saturated carbocycles. The van der Waals surface area contributed by atoms with Crippen molar-refractivity contribution >= 4 is 5.97 Å². The number of nitrogens with zero attached hydrogens (tertiary/aromatic N) is 1. The summed E-state index contributed by atoms with van der Waals surface area (Å²) in [6.45, 7) is 4.08. The number of quaternary nitrogens is 1. The molecule has 0 atom stereocenters. The smallest absolute Gasteiger partial charge is 0.361 e. The van der Waals surface area contributed by atoms with E-state index in [1.807, 2.05) is 18.2 Å². The summed E-state index contributed by atoms with van der Waals surface area (Å²) >= 11 is 0. The molecule has 4 heteroatoms. The highest BCUT2D eigenvalue weighted by Gasteiger charge is 2.21. The predicted molar refractivity (Wildman–Crippen MR) is 101 cm³/mol. The minimum absolute atomic E-state index is 0. The molecule has 0 heterocycles. The van der Waals surface area contributed by atoms with Crippen LogP contribution in [0.15, 0.2) is 30.3 Å². The van der Waals surface area contributed by atoms with Gasteiger partial charge in [-0.25, -0.2) is 4.79 Å². The Labute approximate surface area is 165 Å². The lowest BCUT2D eigenvalue weighted by molar-refractivity contribution is -0.896. The first-order valence-electron chi connectivity index (χ1n) is 9.55. The molecule has 25 heavy (non-hydrogen) atoms. The van der Waals surface area contributed by atoms with Crippen LogP contribution in [-0.4, -0.2) is 37.7 Å². The topological polar surface area (TPSA) is 26.3 Å². The van der Waals surface area contributed by atoms with Gasteiger partial charge in [0.2, 0.25) is 0 Å². The Kier molecular flexibility index (Phi) is 13.8. The van der Waals surface area contributed by atoms with E-state index in [9.17, 15) is 4.79 Å². The van der Waals surface area contributed by atoms with Crippen molar-refractivity contribution in [1.82, 2.24) is 0 Å². The van der Waals surface area contributed by atoms with Crippen LogP contribution in [-0.2, 0) is 16.1 Å². The normalized spacial score (nSPS) is 11.0. The minimum Gasteiger partial charge on any atom is -1.00 e. The third kappa shape index (κ3) is 13.1. The van der Waals surface area contributed by atoms with E-state index in [4.69, 9.17) is 4.74 Å². The van der Waals surface area contributed by atoms with E-state index in [-0.39, 0.29) is 23.0 Å². The van der Waals surface area contributed by atoms with E-state index in [0.29, 0.717) is 17.6 Å². The first kappa shape index (κ1) is 24.1. The van der Waals surface area contributed by atoms with Crippen LogP contribution >= 0.6 is 0 Å². The maximum absolute atomic E-state index is 12.0. The van der Waals surface area contributed by atoms with Crippen molar-refractivity contribution in [2.24, 2.45) is 0 Å². The molecule has 0 fully saturated rings. The largest absolute Gasteiger partial charge is 1.00 e. The summed E-state index contributed by atoms with van der Waals surface area (Å²) in [4.78, 5) is 12.0. The van der Waals surface area contributed by atoms with Gasteiger partial charge in [0.15, 0.2) is 6.54 Å². The van der Waals surface area contributed by atoms with Gasteiger partial charge < -0.3 is 26.2 Å². The van der Waals surface area contributed by atoms with Crippen LogP contribution in [0.4, 0.5) is 0 Å². The maximum Gasteiger partial charge on any atom is 0.361 e. The highest BCUT2D eigenvalue weighted by molar-refractivity contribution is 5.70. The summed E-state index contributed by atoms with van der Waals surface area (Å²) in [5.41, 5.74) is 1.25. The lowest BCUT2D eigenvalue weighted by Crippen LogP contribution is -3.00. The van der Waals surface area contributed by atoms with Gasteiger partial charge in [-0.05, 0) is 6.42 Å². The number of ether oxygens (including phenoxy) is 1. The molecular weight excluding hydrogens is 378 g/mol. The van der Waals surface area contributed by atoms with E-state index >= 15 is 0 Å². The Morgan fingerprint density at radius 3 is 2.08 bits per heavy atom.